The van der Waals surface area contributed by atoms with E-state index in [0.717, 1.165) is 17.8 Å². The van der Waals surface area contributed by atoms with Gasteiger partial charge in [0.05, 0.1) is 16.5 Å². The summed E-state index contributed by atoms with van der Waals surface area (Å²) in [5.41, 5.74) is 0.0108. The molecule has 170 valence electrons. The van der Waals surface area contributed by atoms with Gasteiger partial charge in [-0.2, -0.15) is 18.3 Å². The first kappa shape index (κ1) is 22.6. The summed E-state index contributed by atoms with van der Waals surface area (Å²) in [6, 6.07) is 11.7. The van der Waals surface area contributed by atoms with Gasteiger partial charge >= 0.3 is 6.18 Å². The van der Waals surface area contributed by atoms with Crippen LogP contribution in [0.25, 0.3) is 16.6 Å². The summed E-state index contributed by atoms with van der Waals surface area (Å²) >= 11 is 5.67. The van der Waals surface area contributed by atoms with Gasteiger partial charge in [-0.3, -0.25) is 19.3 Å². The monoisotopic (exact) mass is 474 g/mol. The van der Waals surface area contributed by atoms with Crippen LogP contribution in [-0.2, 0) is 11.0 Å². The molecule has 0 bridgehead atoms. The van der Waals surface area contributed by atoms with E-state index in [1.54, 1.807) is 36.5 Å². The zero-order valence-corrected chi connectivity index (χ0v) is 18.3. The van der Waals surface area contributed by atoms with Gasteiger partial charge in [0.1, 0.15) is 0 Å². The molecule has 0 saturated carbocycles. The number of aromatic amines is 1. The third kappa shape index (κ3) is 4.36. The Hall–Kier alpha value is -3.59. The van der Waals surface area contributed by atoms with Crippen LogP contribution < -0.4 is 10.9 Å². The highest BCUT2D eigenvalue weighted by molar-refractivity contribution is 6.31. The summed E-state index contributed by atoms with van der Waals surface area (Å²) in [6.45, 7) is 3.31. The van der Waals surface area contributed by atoms with Gasteiger partial charge in [-0.05, 0) is 49.7 Å². The van der Waals surface area contributed by atoms with E-state index < -0.39 is 28.6 Å². The number of aromatic nitrogens is 3. The van der Waals surface area contributed by atoms with E-state index in [1.165, 1.54) is 17.6 Å². The molecule has 1 unspecified atom stereocenters. The SMILES string of the molecule is Cc1cc(-n2ccc3c(NC(=O)C(C)c4ccc(Cl)c(C(F)(F)F)c4)cccc3c2=O)n[nH]1. The van der Waals surface area contributed by atoms with E-state index >= 15 is 0 Å². The largest absolute Gasteiger partial charge is 0.417 e. The number of amides is 1. The number of pyridine rings is 1. The Kier molecular flexibility index (Phi) is 5.75. The second-order valence-electron chi connectivity index (χ2n) is 7.61. The Balaban J connectivity index is 1.66. The lowest BCUT2D eigenvalue weighted by molar-refractivity contribution is -0.137. The summed E-state index contributed by atoms with van der Waals surface area (Å²) in [5, 5.41) is 10.0. The zero-order chi connectivity index (χ0) is 23.9. The Bertz CT molecular complexity index is 1430. The van der Waals surface area contributed by atoms with Gasteiger partial charge in [-0.15, -0.1) is 0 Å². The van der Waals surface area contributed by atoms with Crippen LogP contribution in [0.1, 0.15) is 29.7 Å². The highest BCUT2D eigenvalue weighted by Gasteiger charge is 2.34. The second-order valence-corrected chi connectivity index (χ2v) is 8.02. The predicted molar refractivity (Wildman–Crippen MR) is 120 cm³/mol. The Morgan fingerprint density at radius 1 is 1.15 bits per heavy atom. The van der Waals surface area contributed by atoms with Crippen LogP contribution in [0.5, 0.6) is 0 Å². The molecule has 2 N–H and O–H groups in total. The number of nitrogens with one attached hydrogen (secondary N) is 2. The number of fused-ring (bicyclic) bond motifs is 1. The van der Waals surface area contributed by atoms with Crippen LogP contribution in [0.15, 0.2) is 59.5 Å². The van der Waals surface area contributed by atoms with Gasteiger partial charge in [0, 0.05) is 34.4 Å². The van der Waals surface area contributed by atoms with Gasteiger partial charge in [0.2, 0.25) is 5.91 Å². The molecular weight excluding hydrogens is 457 g/mol. The van der Waals surface area contributed by atoms with E-state index in [-0.39, 0.29) is 11.1 Å². The van der Waals surface area contributed by atoms with Crippen molar-refractivity contribution in [3.8, 4) is 5.82 Å². The molecule has 2 aromatic carbocycles. The number of halogens is 4. The number of anilines is 1. The maximum Gasteiger partial charge on any atom is 0.417 e. The smallest absolute Gasteiger partial charge is 0.325 e. The molecule has 33 heavy (non-hydrogen) atoms. The normalized spacial score (nSPS) is 12.7. The van der Waals surface area contributed by atoms with E-state index in [4.69, 9.17) is 11.6 Å². The molecular formula is C23H18ClF3N4O2. The zero-order valence-electron chi connectivity index (χ0n) is 17.5. The quantitative estimate of drug-likeness (QED) is 0.413. The lowest BCUT2D eigenvalue weighted by Gasteiger charge is -2.17. The summed E-state index contributed by atoms with van der Waals surface area (Å²) in [6.07, 6.45) is -3.08. The number of hydrogen-bond donors (Lipinski definition) is 2. The number of alkyl halides is 3. The van der Waals surface area contributed by atoms with E-state index in [2.05, 4.69) is 15.5 Å². The van der Waals surface area contributed by atoms with Crippen LogP contribution >= 0.6 is 11.6 Å². The summed E-state index contributed by atoms with van der Waals surface area (Å²) < 4.78 is 40.9. The fourth-order valence-corrected chi connectivity index (χ4v) is 3.74. The lowest BCUT2D eigenvalue weighted by atomic mass is 9.97. The number of carbonyl (C=O) groups is 1. The van der Waals surface area contributed by atoms with E-state index in [0.29, 0.717) is 22.3 Å². The van der Waals surface area contributed by atoms with Crippen LogP contribution in [0, 0.1) is 6.92 Å². The average Bonchev–Trinajstić information content (AvgIpc) is 3.19. The van der Waals surface area contributed by atoms with Gasteiger partial charge in [-0.25, -0.2) is 0 Å². The molecule has 1 atom stereocenters. The van der Waals surface area contributed by atoms with Crippen molar-refractivity contribution in [2.75, 3.05) is 5.32 Å². The van der Waals surface area contributed by atoms with Crippen LogP contribution in [-0.4, -0.2) is 20.7 Å². The van der Waals surface area contributed by atoms with Gasteiger partial charge in [-0.1, -0.05) is 23.7 Å². The molecule has 0 saturated heterocycles. The van der Waals surface area contributed by atoms with Crippen LogP contribution in [0.2, 0.25) is 5.02 Å². The molecule has 0 aliphatic rings. The summed E-state index contributed by atoms with van der Waals surface area (Å²) in [7, 11) is 0. The van der Waals surface area contributed by atoms with Gasteiger partial charge in [0.15, 0.2) is 5.82 Å². The molecule has 2 heterocycles. The van der Waals surface area contributed by atoms with Crippen molar-refractivity contribution in [1.82, 2.24) is 14.8 Å². The highest BCUT2D eigenvalue weighted by atomic mass is 35.5. The molecule has 1 amide bonds. The number of benzene rings is 2. The van der Waals surface area contributed by atoms with Crippen molar-refractivity contribution >= 4 is 34.0 Å². The number of carbonyl (C=O) groups excluding carboxylic acids is 1. The average molecular weight is 475 g/mol. The highest BCUT2D eigenvalue weighted by Crippen LogP contribution is 2.36. The number of nitrogens with zero attached hydrogens (tertiary/aromatic N) is 2. The topological polar surface area (TPSA) is 79.8 Å². The fraction of sp³-hybridized carbons (Fsp3) is 0.174. The molecule has 4 rings (SSSR count). The van der Waals surface area contributed by atoms with Crippen LogP contribution in [0.4, 0.5) is 18.9 Å². The molecule has 10 heteroatoms. The number of aryl methyl sites for hydroxylation is 1. The predicted octanol–water partition coefficient (Wildman–Crippen LogP) is 5.44. The second kappa shape index (κ2) is 8.40. The van der Waals surface area contributed by atoms with Gasteiger partial charge in [0.25, 0.3) is 5.56 Å². The maximum atomic E-state index is 13.2. The van der Waals surface area contributed by atoms with E-state index in [9.17, 15) is 22.8 Å². The van der Waals surface area contributed by atoms with Crippen molar-refractivity contribution < 1.29 is 18.0 Å². The standard InChI is InChI=1S/C23H18ClF3N4O2/c1-12-10-20(30-29-12)31-9-8-15-16(22(31)33)4-3-5-19(15)28-21(32)13(2)14-6-7-18(24)17(11-14)23(25,26)27/h3-11,13H,1-2H3,(H,28,32)(H,29,30). The molecule has 0 aliphatic heterocycles. The van der Waals surface area contributed by atoms with Crippen molar-refractivity contribution in [2.45, 2.75) is 25.9 Å². The minimum absolute atomic E-state index is 0.167. The van der Waals surface area contributed by atoms with Crippen LogP contribution in [0.3, 0.4) is 0 Å². The van der Waals surface area contributed by atoms with Crippen molar-refractivity contribution in [3.63, 3.8) is 0 Å². The molecule has 0 radical (unpaired) electrons. The summed E-state index contributed by atoms with van der Waals surface area (Å²) in [4.78, 5) is 25.8. The summed E-state index contributed by atoms with van der Waals surface area (Å²) in [5.74, 6) is -0.984. The minimum Gasteiger partial charge on any atom is -0.325 e. The van der Waals surface area contributed by atoms with E-state index in [1.807, 2.05) is 6.92 Å². The molecule has 0 fully saturated rings. The molecule has 0 aliphatic carbocycles. The maximum absolute atomic E-state index is 13.2. The third-order valence-corrected chi connectivity index (χ3v) is 5.66. The Morgan fingerprint density at radius 3 is 2.58 bits per heavy atom. The molecule has 4 aromatic rings. The van der Waals surface area contributed by atoms with Crippen molar-refractivity contribution in [3.05, 3.63) is 86.9 Å². The number of hydrogen-bond acceptors (Lipinski definition) is 3. The molecule has 2 aromatic heterocycles. The van der Waals surface area contributed by atoms with Crippen molar-refractivity contribution in [2.24, 2.45) is 0 Å². The Labute approximate surface area is 191 Å². The molecule has 0 spiro atoms. The number of rotatable bonds is 4. The Morgan fingerprint density at radius 2 is 1.91 bits per heavy atom. The fourth-order valence-electron chi connectivity index (χ4n) is 3.52. The lowest BCUT2D eigenvalue weighted by Crippen LogP contribution is -2.21. The first-order valence-corrected chi connectivity index (χ1v) is 10.3. The third-order valence-electron chi connectivity index (χ3n) is 5.33. The first-order chi connectivity index (χ1) is 15.6. The first-order valence-electron chi connectivity index (χ1n) is 9.90. The van der Waals surface area contributed by atoms with Gasteiger partial charge < -0.3 is 5.32 Å². The molecule has 6 nitrogen and oxygen atoms in total. The number of H-pyrrole nitrogens is 1. The minimum atomic E-state index is -4.63. The van der Waals surface area contributed by atoms with Crippen molar-refractivity contribution in [1.29, 1.82) is 0 Å².